The van der Waals surface area contributed by atoms with E-state index in [4.69, 9.17) is 21.3 Å². The Morgan fingerprint density at radius 3 is 2.73 bits per heavy atom. The van der Waals surface area contributed by atoms with Crippen LogP contribution < -0.4 is 5.32 Å². The van der Waals surface area contributed by atoms with Gasteiger partial charge >= 0.3 is 6.09 Å². The number of halogens is 1. The summed E-state index contributed by atoms with van der Waals surface area (Å²) < 4.78 is 5.65. The van der Waals surface area contributed by atoms with Crippen molar-refractivity contribution in [3.8, 4) is 0 Å². The summed E-state index contributed by atoms with van der Waals surface area (Å²) in [6.45, 7) is 7.62. The monoisotopic (exact) mass is 379 g/mol. The van der Waals surface area contributed by atoms with Gasteiger partial charge in [-0.05, 0) is 52.2 Å². The molecule has 1 fully saturated rings. The molecule has 142 valence electrons. The summed E-state index contributed by atoms with van der Waals surface area (Å²) in [6, 6.07) is 5.56. The molecule has 1 aromatic carbocycles. The summed E-state index contributed by atoms with van der Waals surface area (Å²) >= 11 is 6.29. The average molecular weight is 380 g/mol. The number of carbonyl (C=O) groups excluding carboxylic acids is 1. The van der Waals surface area contributed by atoms with Crippen molar-refractivity contribution in [3.05, 3.63) is 28.8 Å². The maximum atomic E-state index is 12.3. The number of hydrogen-bond acceptors (Lipinski definition) is 5. The van der Waals surface area contributed by atoms with Gasteiger partial charge in [-0.25, -0.2) is 9.79 Å². The van der Waals surface area contributed by atoms with E-state index >= 15 is 0 Å². The van der Waals surface area contributed by atoms with E-state index in [0.717, 1.165) is 12.8 Å². The van der Waals surface area contributed by atoms with Crippen LogP contribution in [-0.4, -0.2) is 39.6 Å². The molecule has 0 bridgehead atoms. The zero-order chi connectivity index (χ0) is 19.1. The maximum absolute atomic E-state index is 12.3. The molecular weight excluding hydrogens is 354 g/mol. The van der Waals surface area contributed by atoms with Gasteiger partial charge < -0.3 is 20.1 Å². The molecule has 1 aliphatic carbocycles. The second kappa shape index (κ2) is 7.08. The van der Waals surface area contributed by atoms with Crippen LogP contribution in [0.15, 0.2) is 23.2 Å². The molecule has 0 spiro atoms. The number of aliphatic imine (C=N–C) groups is 1. The number of ether oxygens (including phenoxy) is 1. The largest absolute Gasteiger partial charge is 0.438 e. The molecule has 0 aromatic heterocycles. The summed E-state index contributed by atoms with van der Waals surface area (Å²) in [7, 11) is 0. The highest BCUT2D eigenvalue weighted by Gasteiger charge is 2.43. The van der Waals surface area contributed by atoms with E-state index in [9.17, 15) is 9.90 Å². The van der Waals surface area contributed by atoms with Crippen molar-refractivity contribution in [1.82, 2.24) is 10.2 Å². The summed E-state index contributed by atoms with van der Waals surface area (Å²) in [5, 5.41) is 14.2. The molecule has 0 unspecified atom stereocenters. The van der Waals surface area contributed by atoms with Gasteiger partial charge in [-0.2, -0.15) is 0 Å². The second-order valence-electron chi connectivity index (χ2n) is 7.83. The Bertz CT molecular complexity index is 725. The SMILES string of the molecule is CC[C@H](OC(=O)NC(C)(C)C)C1=Nc2cccc(Cl)c2[C@H](O)N1C1CC1. The highest BCUT2D eigenvalue weighted by molar-refractivity contribution is 6.31. The molecule has 7 heteroatoms. The number of aliphatic hydroxyl groups is 1. The lowest BCUT2D eigenvalue weighted by Gasteiger charge is -2.38. The van der Waals surface area contributed by atoms with Crippen molar-refractivity contribution in [2.45, 2.75) is 70.9 Å². The van der Waals surface area contributed by atoms with Crippen LogP contribution >= 0.6 is 11.6 Å². The van der Waals surface area contributed by atoms with Gasteiger partial charge in [0.2, 0.25) is 0 Å². The van der Waals surface area contributed by atoms with Gasteiger partial charge in [-0.1, -0.05) is 24.6 Å². The number of fused-ring (bicyclic) bond motifs is 1. The van der Waals surface area contributed by atoms with Crippen LogP contribution in [-0.2, 0) is 4.74 Å². The van der Waals surface area contributed by atoms with Crippen molar-refractivity contribution in [3.63, 3.8) is 0 Å². The van der Waals surface area contributed by atoms with Gasteiger partial charge in [0.1, 0.15) is 5.84 Å². The van der Waals surface area contributed by atoms with E-state index in [1.807, 2.05) is 38.7 Å². The van der Waals surface area contributed by atoms with Crippen molar-refractivity contribution in [2.24, 2.45) is 4.99 Å². The Morgan fingerprint density at radius 1 is 1.46 bits per heavy atom. The number of amidine groups is 1. The number of nitrogens with one attached hydrogen (secondary N) is 1. The Labute approximate surface area is 159 Å². The standard InChI is InChI=1S/C19H26ClN3O3/c1-5-14(26-18(25)22-19(2,3)4)16-21-13-8-6-7-12(20)15(13)17(24)23(16)11-9-10-11/h6-8,11,14,17,24H,5,9-10H2,1-4H3,(H,22,25)/t14-,17-/m0/s1. The molecule has 1 aliphatic heterocycles. The van der Waals surface area contributed by atoms with Gasteiger partial charge in [0.15, 0.2) is 12.3 Å². The first kappa shape index (κ1) is 19.0. The highest BCUT2D eigenvalue weighted by atomic mass is 35.5. The number of rotatable bonds is 4. The summed E-state index contributed by atoms with van der Waals surface area (Å²) in [6.07, 6.45) is 0.583. The normalized spacial score (nSPS) is 20.9. The third kappa shape index (κ3) is 3.96. The molecule has 2 N–H and O–H groups in total. The smallest absolute Gasteiger partial charge is 0.408 e. The molecule has 6 nitrogen and oxygen atoms in total. The molecule has 1 aromatic rings. The summed E-state index contributed by atoms with van der Waals surface area (Å²) in [5.74, 6) is 0.585. The molecule has 3 rings (SSSR count). The predicted molar refractivity (Wildman–Crippen MR) is 102 cm³/mol. The van der Waals surface area contributed by atoms with E-state index in [-0.39, 0.29) is 11.6 Å². The number of amides is 1. The lowest BCUT2D eigenvalue weighted by molar-refractivity contribution is 0.0318. The first-order valence-electron chi connectivity index (χ1n) is 9.03. The average Bonchev–Trinajstić information content (AvgIpc) is 3.35. The van der Waals surface area contributed by atoms with Crippen LogP contribution in [0.4, 0.5) is 10.5 Å². The fourth-order valence-electron chi connectivity index (χ4n) is 3.09. The number of hydrogen-bond donors (Lipinski definition) is 2. The minimum atomic E-state index is -0.887. The maximum Gasteiger partial charge on any atom is 0.408 e. The van der Waals surface area contributed by atoms with Gasteiger partial charge in [0, 0.05) is 17.1 Å². The molecule has 0 radical (unpaired) electrons. The van der Waals surface area contributed by atoms with Crippen molar-refractivity contribution < 1.29 is 14.6 Å². The van der Waals surface area contributed by atoms with Crippen molar-refractivity contribution >= 4 is 29.2 Å². The third-order valence-electron chi connectivity index (χ3n) is 4.38. The Morgan fingerprint density at radius 2 is 2.15 bits per heavy atom. The molecular formula is C19H26ClN3O3. The van der Waals surface area contributed by atoms with Crippen LogP contribution in [0.1, 0.15) is 58.7 Å². The van der Waals surface area contributed by atoms with E-state index in [1.54, 1.807) is 12.1 Å². The summed E-state index contributed by atoms with van der Waals surface area (Å²) in [4.78, 5) is 18.8. The quantitative estimate of drug-likeness (QED) is 0.824. The van der Waals surface area contributed by atoms with Crippen LogP contribution in [0.5, 0.6) is 0 Å². The molecule has 26 heavy (non-hydrogen) atoms. The minimum Gasteiger partial charge on any atom is -0.438 e. The van der Waals surface area contributed by atoms with E-state index in [1.165, 1.54) is 0 Å². The number of alkyl carbamates (subject to hydrolysis) is 1. The molecule has 1 saturated carbocycles. The number of nitrogens with zero attached hydrogens (tertiary/aromatic N) is 2. The molecule has 1 amide bonds. The number of benzene rings is 1. The summed E-state index contributed by atoms with van der Waals surface area (Å²) in [5.41, 5.74) is 0.841. The van der Waals surface area contributed by atoms with Crippen LogP contribution in [0.2, 0.25) is 5.02 Å². The highest BCUT2D eigenvalue weighted by Crippen LogP contribution is 2.44. The third-order valence-corrected chi connectivity index (χ3v) is 4.71. The number of aliphatic hydroxyl groups excluding tert-OH is 1. The fourth-order valence-corrected chi connectivity index (χ4v) is 3.35. The predicted octanol–water partition coefficient (Wildman–Crippen LogP) is 4.14. The Balaban J connectivity index is 1.93. The molecule has 2 atom stereocenters. The second-order valence-corrected chi connectivity index (χ2v) is 8.24. The molecule has 2 aliphatic rings. The zero-order valence-electron chi connectivity index (χ0n) is 15.6. The number of carbonyl (C=O) groups is 1. The van der Waals surface area contributed by atoms with E-state index in [0.29, 0.717) is 28.5 Å². The van der Waals surface area contributed by atoms with Crippen LogP contribution in [0, 0.1) is 0 Å². The zero-order valence-corrected chi connectivity index (χ0v) is 16.4. The lowest BCUT2D eigenvalue weighted by atomic mass is 10.1. The van der Waals surface area contributed by atoms with E-state index in [2.05, 4.69) is 5.32 Å². The van der Waals surface area contributed by atoms with Gasteiger partial charge in [0.05, 0.1) is 10.7 Å². The topological polar surface area (TPSA) is 74.2 Å². The first-order chi connectivity index (χ1) is 12.2. The Hall–Kier alpha value is -1.79. The molecule has 1 heterocycles. The van der Waals surface area contributed by atoms with Gasteiger partial charge in [0.25, 0.3) is 0 Å². The van der Waals surface area contributed by atoms with Crippen LogP contribution in [0.3, 0.4) is 0 Å². The van der Waals surface area contributed by atoms with Crippen LogP contribution in [0.25, 0.3) is 0 Å². The van der Waals surface area contributed by atoms with Crippen molar-refractivity contribution in [1.29, 1.82) is 0 Å². The van der Waals surface area contributed by atoms with Gasteiger partial charge in [-0.15, -0.1) is 0 Å². The minimum absolute atomic E-state index is 0.191. The Kier molecular flexibility index (Phi) is 5.17. The molecule has 0 saturated heterocycles. The lowest BCUT2D eigenvalue weighted by Crippen LogP contribution is -2.49. The van der Waals surface area contributed by atoms with E-state index < -0.39 is 18.4 Å². The fraction of sp³-hybridized carbons (Fsp3) is 0.579. The van der Waals surface area contributed by atoms with Crippen molar-refractivity contribution in [2.75, 3.05) is 0 Å². The first-order valence-corrected chi connectivity index (χ1v) is 9.41. The van der Waals surface area contributed by atoms with Gasteiger partial charge in [-0.3, -0.25) is 0 Å².